The molecule has 1 N–H and O–H groups in total. The molecule has 1 aromatic rings. The van der Waals surface area contributed by atoms with E-state index >= 15 is 0 Å². The third kappa shape index (κ3) is 3.32. The third-order valence-electron chi connectivity index (χ3n) is 2.53. The summed E-state index contributed by atoms with van der Waals surface area (Å²) in [5.41, 5.74) is 0. The van der Waals surface area contributed by atoms with Crippen molar-refractivity contribution in [2.24, 2.45) is 0 Å². The van der Waals surface area contributed by atoms with E-state index in [1.54, 1.807) is 0 Å². The number of rotatable bonds is 6. The van der Waals surface area contributed by atoms with Gasteiger partial charge in [-0.15, -0.1) is 0 Å². The average molecular weight is 211 g/mol. The van der Waals surface area contributed by atoms with Gasteiger partial charge in [0.25, 0.3) is 0 Å². The van der Waals surface area contributed by atoms with E-state index in [2.05, 4.69) is 35.2 Å². The summed E-state index contributed by atoms with van der Waals surface area (Å²) in [5.74, 6) is 1.07. The molecular weight excluding hydrogens is 190 g/mol. The van der Waals surface area contributed by atoms with Gasteiger partial charge in [0, 0.05) is 25.0 Å². The van der Waals surface area contributed by atoms with Crippen LogP contribution < -0.4 is 0 Å². The van der Waals surface area contributed by atoms with Crippen LogP contribution in [-0.2, 0) is 6.54 Å². The van der Waals surface area contributed by atoms with Crippen LogP contribution in [0, 0.1) is 0 Å². The number of hydrogen-bond acceptors (Lipinski definition) is 3. The molecule has 0 aliphatic rings. The van der Waals surface area contributed by atoms with Crippen LogP contribution in [0.5, 0.6) is 0 Å². The fourth-order valence-electron chi connectivity index (χ4n) is 1.63. The molecule has 1 aromatic heterocycles. The van der Waals surface area contributed by atoms with Crippen LogP contribution in [0.4, 0.5) is 0 Å². The highest BCUT2D eigenvalue weighted by Gasteiger charge is 2.09. The summed E-state index contributed by atoms with van der Waals surface area (Å²) in [7, 11) is 0. The van der Waals surface area contributed by atoms with Crippen molar-refractivity contribution in [1.82, 2.24) is 14.5 Å². The topological polar surface area (TPSA) is 41.3 Å². The first kappa shape index (κ1) is 12.2. The molecule has 0 unspecified atom stereocenters. The Balaban J connectivity index is 2.65. The van der Waals surface area contributed by atoms with Crippen LogP contribution >= 0.6 is 0 Å². The summed E-state index contributed by atoms with van der Waals surface area (Å²) in [6.45, 7) is 9.05. The molecule has 0 radical (unpaired) electrons. The van der Waals surface area contributed by atoms with Gasteiger partial charge in [-0.25, -0.2) is 4.98 Å². The second-order valence-electron chi connectivity index (χ2n) is 3.94. The van der Waals surface area contributed by atoms with Gasteiger partial charge in [-0.05, 0) is 20.4 Å². The maximum atomic E-state index is 8.91. The van der Waals surface area contributed by atoms with E-state index in [9.17, 15) is 0 Å². The average Bonchev–Trinajstić information content (AvgIpc) is 2.65. The lowest BCUT2D eigenvalue weighted by Gasteiger charge is -2.20. The Hall–Kier alpha value is -0.870. The number of nitrogens with zero attached hydrogens (tertiary/aromatic N) is 3. The Morgan fingerprint density at radius 3 is 2.80 bits per heavy atom. The Bertz CT molecular complexity index is 283. The van der Waals surface area contributed by atoms with E-state index in [0.717, 1.165) is 18.9 Å². The molecule has 4 heteroatoms. The second-order valence-corrected chi connectivity index (χ2v) is 3.94. The predicted octanol–water partition coefficient (Wildman–Crippen LogP) is 1.28. The first-order valence-corrected chi connectivity index (χ1v) is 5.54. The Morgan fingerprint density at radius 1 is 1.53 bits per heavy atom. The summed E-state index contributed by atoms with van der Waals surface area (Å²) in [4.78, 5) is 6.53. The van der Waals surface area contributed by atoms with Crippen molar-refractivity contribution in [2.75, 3.05) is 19.7 Å². The highest BCUT2D eigenvalue weighted by atomic mass is 16.3. The zero-order valence-corrected chi connectivity index (χ0v) is 9.85. The molecule has 86 valence electrons. The first-order valence-electron chi connectivity index (χ1n) is 5.54. The zero-order valence-electron chi connectivity index (χ0n) is 9.85. The van der Waals surface area contributed by atoms with E-state index < -0.39 is 0 Å². The Kier molecular flexibility index (Phi) is 4.78. The molecule has 0 aromatic carbocycles. The van der Waals surface area contributed by atoms with Gasteiger partial charge in [-0.2, -0.15) is 0 Å². The summed E-state index contributed by atoms with van der Waals surface area (Å²) >= 11 is 0. The maximum absolute atomic E-state index is 8.91. The molecule has 0 aliphatic heterocycles. The van der Waals surface area contributed by atoms with Crippen LogP contribution in [0.3, 0.4) is 0 Å². The van der Waals surface area contributed by atoms with Crippen molar-refractivity contribution in [3.8, 4) is 0 Å². The molecule has 4 nitrogen and oxygen atoms in total. The molecular formula is C11H21N3O. The lowest BCUT2D eigenvalue weighted by molar-refractivity contribution is 0.191. The molecule has 1 heterocycles. The summed E-state index contributed by atoms with van der Waals surface area (Å²) < 4.78 is 2.17. The van der Waals surface area contributed by atoms with Crippen LogP contribution in [0.2, 0.25) is 0 Å². The van der Waals surface area contributed by atoms with Gasteiger partial charge in [-0.1, -0.05) is 6.92 Å². The number of aliphatic hydroxyl groups is 1. The van der Waals surface area contributed by atoms with Crippen molar-refractivity contribution in [3.05, 3.63) is 18.2 Å². The molecule has 0 saturated heterocycles. The molecule has 0 bridgehead atoms. The fraction of sp³-hybridized carbons (Fsp3) is 0.727. The standard InChI is InChI=1S/C11H21N3O/c1-4-13(7-8-15)9-11-12-5-6-14(11)10(2)3/h5-6,10,15H,4,7-9H2,1-3H3. The highest BCUT2D eigenvalue weighted by molar-refractivity contribution is 4.94. The van der Waals surface area contributed by atoms with Crippen molar-refractivity contribution in [1.29, 1.82) is 0 Å². The third-order valence-corrected chi connectivity index (χ3v) is 2.53. The number of likely N-dealkylation sites (N-methyl/N-ethyl adjacent to an activating group) is 1. The van der Waals surface area contributed by atoms with Crippen LogP contribution in [0.25, 0.3) is 0 Å². The molecule has 0 saturated carbocycles. The lowest BCUT2D eigenvalue weighted by Crippen LogP contribution is -2.27. The first-order chi connectivity index (χ1) is 7.19. The van der Waals surface area contributed by atoms with Gasteiger partial charge in [0.1, 0.15) is 5.82 Å². The van der Waals surface area contributed by atoms with E-state index in [1.165, 1.54) is 0 Å². The maximum Gasteiger partial charge on any atom is 0.123 e. The number of aliphatic hydroxyl groups excluding tert-OH is 1. The van der Waals surface area contributed by atoms with Crippen molar-refractivity contribution in [2.45, 2.75) is 33.4 Å². The quantitative estimate of drug-likeness (QED) is 0.770. The molecule has 0 spiro atoms. The summed E-state index contributed by atoms with van der Waals surface area (Å²) in [6, 6.07) is 0.440. The van der Waals surface area contributed by atoms with E-state index in [-0.39, 0.29) is 6.61 Å². The smallest absolute Gasteiger partial charge is 0.123 e. The molecule has 15 heavy (non-hydrogen) atoms. The molecule has 0 aliphatic carbocycles. The number of imidazole rings is 1. The van der Waals surface area contributed by atoms with Gasteiger partial charge < -0.3 is 9.67 Å². The predicted molar refractivity (Wildman–Crippen MR) is 60.6 cm³/mol. The van der Waals surface area contributed by atoms with Gasteiger partial charge in [0.2, 0.25) is 0 Å². The highest BCUT2D eigenvalue weighted by Crippen LogP contribution is 2.09. The summed E-state index contributed by atoms with van der Waals surface area (Å²) in [5, 5.41) is 8.91. The molecule has 0 fully saturated rings. The van der Waals surface area contributed by atoms with Crippen LogP contribution in [0.1, 0.15) is 32.6 Å². The van der Waals surface area contributed by atoms with Crippen LogP contribution in [-0.4, -0.2) is 39.3 Å². The number of aromatic nitrogens is 2. The normalized spacial score (nSPS) is 11.6. The Labute approximate surface area is 91.5 Å². The monoisotopic (exact) mass is 211 g/mol. The van der Waals surface area contributed by atoms with Crippen molar-refractivity contribution in [3.63, 3.8) is 0 Å². The molecule has 0 amide bonds. The molecule has 1 rings (SSSR count). The van der Waals surface area contributed by atoms with Gasteiger partial charge >= 0.3 is 0 Å². The van der Waals surface area contributed by atoms with Crippen molar-refractivity contribution < 1.29 is 5.11 Å². The minimum absolute atomic E-state index is 0.205. The Morgan fingerprint density at radius 2 is 2.27 bits per heavy atom. The van der Waals surface area contributed by atoms with Crippen LogP contribution in [0.15, 0.2) is 12.4 Å². The second kappa shape index (κ2) is 5.88. The lowest BCUT2D eigenvalue weighted by atomic mass is 10.3. The van der Waals surface area contributed by atoms with Gasteiger partial charge in [0.05, 0.1) is 13.2 Å². The SMILES string of the molecule is CCN(CCO)Cc1nccn1C(C)C. The largest absolute Gasteiger partial charge is 0.395 e. The van der Waals surface area contributed by atoms with E-state index in [1.807, 2.05) is 12.4 Å². The minimum Gasteiger partial charge on any atom is -0.395 e. The van der Waals surface area contributed by atoms with E-state index in [0.29, 0.717) is 12.6 Å². The fourth-order valence-corrected chi connectivity index (χ4v) is 1.63. The van der Waals surface area contributed by atoms with Gasteiger partial charge in [0.15, 0.2) is 0 Å². The zero-order chi connectivity index (χ0) is 11.3. The summed E-state index contributed by atoms with van der Waals surface area (Å²) in [6.07, 6.45) is 3.84. The molecule has 0 atom stereocenters. The van der Waals surface area contributed by atoms with Crippen molar-refractivity contribution >= 4 is 0 Å². The number of hydrogen-bond donors (Lipinski definition) is 1. The van der Waals surface area contributed by atoms with Gasteiger partial charge in [-0.3, -0.25) is 4.90 Å². The van der Waals surface area contributed by atoms with E-state index in [4.69, 9.17) is 5.11 Å². The minimum atomic E-state index is 0.205.